The van der Waals surface area contributed by atoms with Gasteiger partial charge in [0.25, 0.3) is 5.91 Å². The Labute approximate surface area is 205 Å². The second kappa shape index (κ2) is 9.92. The molecule has 2 aromatic heterocycles. The van der Waals surface area contributed by atoms with E-state index >= 15 is 0 Å². The van der Waals surface area contributed by atoms with Gasteiger partial charge in [0.2, 0.25) is 5.91 Å². The van der Waals surface area contributed by atoms with Gasteiger partial charge in [-0.05, 0) is 70.0 Å². The summed E-state index contributed by atoms with van der Waals surface area (Å²) in [5.74, 6) is 0.241. The second-order valence-electron chi connectivity index (χ2n) is 9.55. The summed E-state index contributed by atoms with van der Waals surface area (Å²) in [7, 11) is 0. The molecule has 2 aliphatic rings. The van der Waals surface area contributed by atoms with E-state index in [0.717, 1.165) is 53.6 Å². The molecule has 4 heterocycles. The molecule has 6 nitrogen and oxygen atoms in total. The molecule has 1 atom stereocenters. The Hall–Kier alpha value is -2.64. The number of benzene rings is 1. The Morgan fingerprint density at radius 2 is 1.85 bits per heavy atom. The molecular weight excluding hydrogens is 444 g/mol. The summed E-state index contributed by atoms with van der Waals surface area (Å²) in [5.41, 5.74) is 2.32. The van der Waals surface area contributed by atoms with Crippen molar-refractivity contribution in [2.75, 3.05) is 32.7 Å². The van der Waals surface area contributed by atoms with E-state index in [1.807, 2.05) is 29.2 Å². The van der Waals surface area contributed by atoms with Crippen molar-refractivity contribution >= 4 is 34.1 Å². The first-order valence-electron chi connectivity index (χ1n) is 12.5. The number of thiophene rings is 1. The van der Waals surface area contributed by atoms with Gasteiger partial charge < -0.3 is 14.8 Å². The monoisotopic (exact) mass is 478 g/mol. The van der Waals surface area contributed by atoms with Crippen molar-refractivity contribution in [2.45, 2.75) is 45.6 Å². The number of nitrogens with one attached hydrogen (secondary N) is 1. The molecule has 2 aliphatic heterocycles. The first-order valence-corrected chi connectivity index (χ1v) is 13.3. The normalized spacial score (nSPS) is 19.7. The number of aryl methyl sites for hydroxylation is 1. The quantitative estimate of drug-likeness (QED) is 0.569. The molecule has 34 heavy (non-hydrogen) atoms. The number of piperidine rings is 1. The maximum absolute atomic E-state index is 13.2. The third-order valence-electron chi connectivity index (χ3n) is 7.49. The summed E-state index contributed by atoms with van der Waals surface area (Å²) >= 11 is 1.54. The van der Waals surface area contributed by atoms with E-state index in [1.54, 1.807) is 11.3 Å². The lowest BCUT2D eigenvalue weighted by Crippen LogP contribution is -2.45. The van der Waals surface area contributed by atoms with Gasteiger partial charge in [0.05, 0.1) is 10.4 Å². The van der Waals surface area contributed by atoms with Gasteiger partial charge in [0.15, 0.2) is 0 Å². The average molecular weight is 479 g/mol. The third kappa shape index (κ3) is 4.51. The van der Waals surface area contributed by atoms with E-state index in [2.05, 4.69) is 46.8 Å². The number of carbonyl (C=O) groups excluding carboxylic acids is 2. The number of carbonyl (C=O) groups is 2. The SMILES string of the molecule is CCN1CCCC1CNC(=O)C1CCN(C(=O)c2ccc(-n3c(C)cc4ccccc43)s2)CC1. The second-order valence-corrected chi connectivity index (χ2v) is 10.6. The van der Waals surface area contributed by atoms with Crippen molar-refractivity contribution < 1.29 is 9.59 Å². The lowest BCUT2D eigenvalue weighted by Gasteiger charge is -2.31. The topological polar surface area (TPSA) is 57.6 Å². The van der Waals surface area contributed by atoms with E-state index in [0.29, 0.717) is 19.1 Å². The number of aromatic nitrogens is 1. The smallest absolute Gasteiger partial charge is 0.263 e. The van der Waals surface area contributed by atoms with Gasteiger partial charge in [-0.2, -0.15) is 0 Å². The van der Waals surface area contributed by atoms with E-state index in [-0.39, 0.29) is 17.7 Å². The fraction of sp³-hybridized carbons (Fsp3) is 0.481. The molecule has 0 bridgehead atoms. The number of fused-ring (bicyclic) bond motifs is 1. The molecule has 7 heteroatoms. The molecular formula is C27H34N4O2S. The van der Waals surface area contributed by atoms with Crippen LogP contribution in [0, 0.1) is 12.8 Å². The van der Waals surface area contributed by atoms with E-state index in [1.165, 1.54) is 18.2 Å². The number of para-hydroxylation sites is 1. The number of likely N-dealkylation sites (tertiary alicyclic amines) is 2. The van der Waals surface area contributed by atoms with Gasteiger partial charge in [0.1, 0.15) is 5.00 Å². The minimum atomic E-state index is 0.00770. The van der Waals surface area contributed by atoms with Gasteiger partial charge >= 0.3 is 0 Å². The first kappa shape index (κ1) is 23.1. The van der Waals surface area contributed by atoms with Gasteiger partial charge in [0, 0.05) is 42.7 Å². The van der Waals surface area contributed by atoms with Crippen LogP contribution in [0.1, 0.15) is 48.0 Å². The van der Waals surface area contributed by atoms with Crippen LogP contribution in [0.15, 0.2) is 42.5 Å². The van der Waals surface area contributed by atoms with Crippen LogP contribution in [0.4, 0.5) is 0 Å². The van der Waals surface area contributed by atoms with Crippen LogP contribution in [0.25, 0.3) is 15.9 Å². The largest absolute Gasteiger partial charge is 0.354 e. The predicted molar refractivity (Wildman–Crippen MR) is 138 cm³/mol. The van der Waals surface area contributed by atoms with Crippen LogP contribution in [-0.2, 0) is 4.79 Å². The summed E-state index contributed by atoms with van der Waals surface area (Å²) in [6.45, 7) is 8.50. The molecule has 2 saturated heterocycles. The standard InChI is InChI=1S/C27H34N4O2S/c1-3-29-14-6-8-22(29)18-28-26(32)20-12-15-30(16-13-20)27(33)24-10-11-25(34-24)31-19(2)17-21-7-4-5-9-23(21)31/h4-5,7,9-11,17,20,22H,3,6,8,12-16,18H2,1-2H3,(H,28,32). The van der Waals surface area contributed by atoms with E-state index < -0.39 is 0 Å². The van der Waals surface area contributed by atoms with E-state index in [9.17, 15) is 9.59 Å². The van der Waals surface area contributed by atoms with Crippen LogP contribution >= 0.6 is 11.3 Å². The number of hydrogen-bond donors (Lipinski definition) is 1. The zero-order valence-corrected chi connectivity index (χ0v) is 20.9. The zero-order valence-electron chi connectivity index (χ0n) is 20.1. The molecule has 5 rings (SSSR count). The highest BCUT2D eigenvalue weighted by molar-refractivity contribution is 7.16. The number of hydrogen-bond acceptors (Lipinski definition) is 4. The van der Waals surface area contributed by atoms with Crippen molar-refractivity contribution in [1.29, 1.82) is 0 Å². The maximum Gasteiger partial charge on any atom is 0.263 e. The van der Waals surface area contributed by atoms with Gasteiger partial charge in [-0.1, -0.05) is 25.1 Å². The van der Waals surface area contributed by atoms with Crippen LogP contribution in [0.2, 0.25) is 0 Å². The van der Waals surface area contributed by atoms with Crippen LogP contribution in [-0.4, -0.2) is 64.9 Å². The Morgan fingerprint density at radius 1 is 1.06 bits per heavy atom. The lowest BCUT2D eigenvalue weighted by molar-refractivity contribution is -0.126. The highest BCUT2D eigenvalue weighted by Crippen LogP contribution is 2.30. The Morgan fingerprint density at radius 3 is 2.65 bits per heavy atom. The van der Waals surface area contributed by atoms with Crippen molar-refractivity contribution in [1.82, 2.24) is 19.7 Å². The molecule has 2 amide bonds. The fourth-order valence-electron chi connectivity index (χ4n) is 5.55. The molecule has 1 unspecified atom stereocenters. The maximum atomic E-state index is 13.2. The molecule has 2 fully saturated rings. The molecule has 1 aromatic carbocycles. The van der Waals surface area contributed by atoms with Gasteiger partial charge in [-0.15, -0.1) is 11.3 Å². The molecule has 3 aromatic rings. The van der Waals surface area contributed by atoms with Crippen LogP contribution in [0.3, 0.4) is 0 Å². The number of rotatable bonds is 6. The van der Waals surface area contributed by atoms with Crippen molar-refractivity contribution in [3.63, 3.8) is 0 Å². The zero-order chi connectivity index (χ0) is 23.7. The Bertz CT molecular complexity index is 1170. The highest BCUT2D eigenvalue weighted by Gasteiger charge is 2.30. The van der Waals surface area contributed by atoms with Gasteiger partial charge in [-0.25, -0.2) is 0 Å². The molecule has 180 valence electrons. The number of likely N-dealkylation sites (N-methyl/N-ethyl adjacent to an activating group) is 1. The summed E-state index contributed by atoms with van der Waals surface area (Å²) in [6.07, 6.45) is 3.86. The Balaban J connectivity index is 1.18. The number of amides is 2. The average Bonchev–Trinajstić information content (AvgIpc) is 3.59. The van der Waals surface area contributed by atoms with Crippen molar-refractivity contribution in [3.8, 4) is 5.00 Å². The molecule has 0 radical (unpaired) electrons. The summed E-state index contributed by atoms with van der Waals surface area (Å²) in [5, 5.41) is 5.45. The third-order valence-corrected chi connectivity index (χ3v) is 8.55. The molecule has 0 saturated carbocycles. The van der Waals surface area contributed by atoms with Gasteiger partial charge in [-0.3, -0.25) is 14.5 Å². The number of nitrogens with zero attached hydrogens (tertiary/aromatic N) is 3. The van der Waals surface area contributed by atoms with Crippen molar-refractivity contribution in [2.24, 2.45) is 5.92 Å². The van der Waals surface area contributed by atoms with Crippen molar-refractivity contribution in [3.05, 3.63) is 53.0 Å². The van der Waals surface area contributed by atoms with Crippen LogP contribution in [0.5, 0.6) is 0 Å². The molecule has 0 spiro atoms. The molecule has 1 N–H and O–H groups in total. The summed E-state index contributed by atoms with van der Waals surface area (Å²) in [6, 6.07) is 15.0. The predicted octanol–water partition coefficient (Wildman–Crippen LogP) is 4.45. The Kier molecular flexibility index (Phi) is 6.75. The highest BCUT2D eigenvalue weighted by atomic mass is 32.1. The van der Waals surface area contributed by atoms with E-state index in [4.69, 9.17) is 0 Å². The van der Waals surface area contributed by atoms with Crippen LogP contribution < -0.4 is 5.32 Å². The fourth-order valence-corrected chi connectivity index (χ4v) is 6.60. The first-order chi connectivity index (χ1) is 16.5. The minimum Gasteiger partial charge on any atom is -0.354 e. The molecule has 0 aliphatic carbocycles. The minimum absolute atomic E-state index is 0.00770. The summed E-state index contributed by atoms with van der Waals surface area (Å²) in [4.78, 5) is 31.1. The summed E-state index contributed by atoms with van der Waals surface area (Å²) < 4.78 is 2.22. The lowest BCUT2D eigenvalue weighted by atomic mass is 9.95.